The highest BCUT2D eigenvalue weighted by Crippen LogP contribution is 2.19. The molecule has 28 heavy (non-hydrogen) atoms. The molecule has 1 aromatic rings. The Kier molecular flexibility index (Phi) is 10.5. The number of nitrogens with two attached hydrogens (primary N) is 1. The number of halogens is 1. The average molecular weight is 426 g/mol. The number of carbonyl (C=O) groups is 1. The van der Waals surface area contributed by atoms with E-state index in [2.05, 4.69) is 20.5 Å². The van der Waals surface area contributed by atoms with Gasteiger partial charge in [0.05, 0.1) is 0 Å². The number of rotatable bonds is 10. The molecule has 1 heterocycles. The number of amides is 1. The molecule has 2 rings (SSSR count). The molecule has 0 bridgehead atoms. The molecule has 1 aliphatic heterocycles. The maximum absolute atomic E-state index is 11.2. The van der Waals surface area contributed by atoms with Crippen LogP contribution in [-0.2, 0) is 4.79 Å². The highest BCUT2D eigenvalue weighted by Gasteiger charge is 2.22. The van der Waals surface area contributed by atoms with Gasteiger partial charge in [0.15, 0.2) is 5.96 Å². The fraction of sp³-hybridized carbons (Fsp3) is 0.600. The topological polar surface area (TPSA) is 82.8 Å². The average Bonchev–Trinajstić information content (AvgIpc) is 2.71. The summed E-state index contributed by atoms with van der Waals surface area (Å²) in [6.45, 7) is 4.80. The molecule has 1 amide bonds. The van der Waals surface area contributed by atoms with E-state index >= 15 is 0 Å². The van der Waals surface area contributed by atoms with E-state index in [9.17, 15) is 4.79 Å². The van der Waals surface area contributed by atoms with Gasteiger partial charge >= 0.3 is 0 Å². The predicted octanol–water partition coefficient (Wildman–Crippen LogP) is 2.57. The summed E-state index contributed by atoms with van der Waals surface area (Å²) in [5, 5.41) is 7.48. The van der Waals surface area contributed by atoms with E-state index < -0.39 is 0 Å². The molecule has 0 radical (unpaired) electrons. The van der Waals surface area contributed by atoms with Crippen LogP contribution in [0.1, 0.15) is 25.7 Å². The summed E-state index contributed by atoms with van der Waals surface area (Å²) in [6.07, 6.45) is 4.03. The van der Waals surface area contributed by atoms with Crippen molar-refractivity contribution >= 4 is 35.2 Å². The number of aliphatic imine (C=N–C) groups is 1. The van der Waals surface area contributed by atoms with Crippen molar-refractivity contribution in [2.24, 2.45) is 16.6 Å². The number of hydrogen-bond acceptors (Lipinski definition) is 4. The molecule has 0 aromatic heterocycles. The Labute approximate surface area is 177 Å². The Morgan fingerprint density at radius 2 is 1.89 bits per heavy atom. The molecule has 4 N–H and O–H groups in total. The summed E-state index contributed by atoms with van der Waals surface area (Å²) in [7, 11) is 1.80. The normalized spacial score (nSPS) is 16.1. The van der Waals surface area contributed by atoms with E-state index in [1.807, 2.05) is 24.3 Å². The number of guanidine groups is 1. The third-order valence-electron chi connectivity index (χ3n) is 4.88. The van der Waals surface area contributed by atoms with Crippen LogP contribution in [0.5, 0.6) is 0 Å². The van der Waals surface area contributed by atoms with Crippen molar-refractivity contribution < 1.29 is 4.79 Å². The van der Waals surface area contributed by atoms with Crippen LogP contribution in [0.15, 0.2) is 34.2 Å². The quantitative estimate of drug-likeness (QED) is 0.232. The van der Waals surface area contributed by atoms with Gasteiger partial charge in [-0.1, -0.05) is 11.6 Å². The van der Waals surface area contributed by atoms with Crippen molar-refractivity contribution in [3.05, 3.63) is 29.3 Å². The molecule has 0 spiro atoms. The fourth-order valence-electron chi connectivity index (χ4n) is 3.20. The first-order valence-electron chi connectivity index (χ1n) is 9.93. The van der Waals surface area contributed by atoms with Crippen LogP contribution in [0.4, 0.5) is 0 Å². The summed E-state index contributed by atoms with van der Waals surface area (Å²) in [6, 6.07) is 7.91. The Balaban J connectivity index is 1.49. The lowest BCUT2D eigenvalue weighted by molar-refractivity contribution is -0.123. The van der Waals surface area contributed by atoms with E-state index in [-0.39, 0.29) is 11.8 Å². The van der Waals surface area contributed by atoms with E-state index in [0.717, 1.165) is 75.1 Å². The first-order valence-corrected chi connectivity index (χ1v) is 11.3. The number of piperidine rings is 1. The Morgan fingerprint density at radius 1 is 1.21 bits per heavy atom. The molecule has 1 aliphatic rings. The van der Waals surface area contributed by atoms with Crippen molar-refractivity contribution in [2.45, 2.75) is 30.6 Å². The van der Waals surface area contributed by atoms with Crippen molar-refractivity contribution in [2.75, 3.05) is 45.5 Å². The van der Waals surface area contributed by atoms with Crippen LogP contribution in [0.2, 0.25) is 5.02 Å². The lowest BCUT2D eigenvalue weighted by atomic mass is 9.96. The maximum atomic E-state index is 11.2. The van der Waals surface area contributed by atoms with Crippen molar-refractivity contribution in [1.29, 1.82) is 0 Å². The van der Waals surface area contributed by atoms with Crippen LogP contribution in [0, 0.1) is 5.92 Å². The Hall–Kier alpha value is -1.44. The minimum atomic E-state index is -0.144. The SMILES string of the molecule is CN=C(NCCCCN1CCC(C(N)=O)CC1)NCCSc1ccc(Cl)cc1. The van der Waals surface area contributed by atoms with Gasteiger partial charge in [-0.15, -0.1) is 11.8 Å². The highest BCUT2D eigenvalue weighted by atomic mass is 35.5. The van der Waals surface area contributed by atoms with Crippen LogP contribution in [-0.4, -0.2) is 62.3 Å². The highest BCUT2D eigenvalue weighted by molar-refractivity contribution is 7.99. The molecule has 1 aromatic carbocycles. The molecule has 0 unspecified atom stereocenters. The molecule has 8 heteroatoms. The monoisotopic (exact) mass is 425 g/mol. The van der Waals surface area contributed by atoms with Gasteiger partial charge in [0.1, 0.15) is 0 Å². The molecule has 0 atom stereocenters. The van der Waals surface area contributed by atoms with Gasteiger partial charge in [-0.3, -0.25) is 9.79 Å². The number of unbranched alkanes of at least 4 members (excludes halogenated alkanes) is 1. The number of thioether (sulfide) groups is 1. The number of likely N-dealkylation sites (tertiary alicyclic amines) is 1. The van der Waals surface area contributed by atoms with E-state index in [4.69, 9.17) is 17.3 Å². The zero-order valence-electron chi connectivity index (χ0n) is 16.6. The summed E-state index contributed by atoms with van der Waals surface area (Å²) in [5.41, 5.74) is 5.38. The molecule has 1 fully saturated rings. The predicted molar refractivity (Wildman–Crippen MR) is 119 cm³/mol. The van der Waals surface area contributed by atoms with Crippen LogP contribution in [0.3, 0.4) is 0 Å². The Bertz CT molecular complexity index is 618. The second-order valence-corrected chi connectivity index (χ2v) is 8.56. The van der Waals surface area contributed by atoms with Crippen molar-refractivity contribution in [3.63, 3.8) is 0 Å². The standard InChI is InChI=1S/C20H32ClN5OS/c1-23-20(25-11-15-28-18-6-4-17(21)5-7-18)24-10-2-3-12-26-13-8-16(9-14-26)19(22)27/h4-7,16H,2-3,8-15H2,1H3,(H2,22,27)(H2,23,24,25). The summed E-state index contributed by atoms with van der Waals surface area (Å²) in [5.74, 6) is 1.74. The first kappa shape index (κ1) is 22.8. The van der Waals surface area contributed by atoms with Crippen LogP contribution < -0.4 is 16.4 Å². The van der Waals surface area contributed by atoms with Gasteiger partial charge < -0.3 is 21.3 Å². The smallest absolute Gasteiger partial charge is 0.220 e. The molecule has 156 valence electrons. The lowest BCUT2D eigenvalue weighted by Crippen LogP contribution is -2.40. The summed E-state index contributed by atoms with van der Waals surface area (Å²) >= 11 is 7.69. The molecule has 6 nitrogen and oxygen atoms in total. The third-order valence-corrected chi connectivity index (χ3v) is 6.15. The number of benzene rings is 1. The molecule has 0 saturated carbocycles. The number of primary amides is 1. The van der Waals surface area contributed by atoms with Gasteiger partial charge in [0, 0.05) is 41.7 Å². The van der Waals surface area contributed by atoms with Crippen LogP contribution in [0.25, 0.3) is 0 Å². The largest absolute Gasteiger partial charge is 0.369 e. The molecule has 1 saturated heterocycles. The van der Waals surface area contributed by atoms with E-state index in [0.29, 0.717) is 0 Å². The second kappa shape index (κ2) is 12.9. The molecular weight excluding hydrogens is 394 g/mol. The third kappa shape index (κ3) is 8.71. The van der Waals surface area contributed by atoms with Gasteiger partial charge in [0.25, 0.3) is 0 Å². The zero-order valence-corrected chi connectivity index (χ0v) is 18.2. The van der Waals surface area contributed by atoms with Crippen molar-refractivity contribution in [3.8, 4) is 0 Å². The number of nitrogens with one attached hydrogen (secondary N) is 2. The lowest BCUT2D eigenvalue weighted by Gasteiger charge is -2.30. The molecular formula is C20H32ClN5OS. The van der Waals surface area contributed by atoms with E-state index in [1.165, 1.54) is 4.90 Å². The number of nitrogens with zero attached hydrogens (tertiary/aromatic N) is 2. The van der Waals surface area contributed by atoms with Gasteiger partial charge in [-0.25, -0.2) is 0 Å². The fourth-order valence-corrected chi connectivity index (χ4v) is 4.09. The Morgan fingerprint density at radius 3 is 2.54 bits per heavy atom. The number of carbonyl (C=O) groups excluding carboxylic acids is 1. The van der Waals surface area contributed by atoms with Crippen LogP contribution >= 0.6 is 23.4 Å². The molecule has 0 aliphatic carbocycles. The summed E-state index contributed by atoms with van der Waals surface area (Å²) in [4.78, 5) is 19.1. The zero-order chi connectivity index (χ0) is 20.2. The van der Waals surface area contributed by atoms with Gasteiger partial charge in [-0.05, 0) is 69.6 Å². The minimum absolute atomic E-state index is 0.0742. The second-order valence-electron chi connectivity index (χ2n) is 6.95. The maximum Gasteiger partial charge on any atom is 0.220 e. The van der Waals surface area contributed by atoms with Crippen molar-refractivity contribution in [1.82, 2.24) is 15.5 Å². The van der Waals surface area contributed by atoms with Gasteiger partial charge in [-0.2, -0.15) is 0 Å². The van der Waals surface area contributed by atoms with E-state index in [1.54, 1.807) is 18.8 Å². The summed E-state index contributed by atoms with van der Waals surface area (Å²) < 4.78 is 0. The number of hydrogen-bond donors (Lipinski definition) is 3. The minimum Gasteiger partial charge on any atom is -0.369 e. The van der Waals surface area contributed by atoms with Gasteiger partial charge in [0.2, 0.25) is 5.91 Å². The first-order chi connectivity index (χ1) is 13.6.